The number of anilines is 5. The SMILES string of the molecule is Cc1ccc(NC(=O)c2ccc(C(=O)Nc3ccccc3NC(=O)OC(C)(C)C)cc2)cc1Nc1nccc(-c2cccnc2)n1. The van der Waals surface area contributed by atoms with Crippen LogP contribution in [0.2, 0.25) is 0 Å². The molecule has 3 amide bonds. The lowest BCUT2D eigenvalue weighted by Crippen LogP contribution is -2.27. The molecule has 2 heterocycles. The molecule has 46 heavy (non-hydrogen) atoms. The second-order valence-electron chi connectivity index (χ2n) is 11.3. The molecule has 232 valence electrons. The number of nitrogens with one attached hydrogen (secondary N) is 4. The lowest BCUT2D eigenvalue weighted by Gasteiger charge is -2.20. The highest BCUT2D eigenvalue weighted by Gasteiger charge is 2.18. The molecule has 0 atom stereocenters. The molecule has 0 saturated heterocycles. The summed E-state index contributed by atoms with van der Waals surface area (Å²) in [5.41, 5.74) is 4.65. The van der Waals surface area contributed by atoms with Gasteiger partial charge >= 0.3 is 6.09 Å². The van der Waals surface area contributed by atoms with Gasteiger partial charge in [0.15, 0.2) is 0 Å². The van der Waals surface area contributed by atoms with E-state index in [1.165, 1.54) is 0 Å². The van der Waals surface area contributed by atoms with E-state index in [1.807, 2.05) is 31.2 Å². The molecule has 0 unspecified atom stereocenters. The second kappa shape index (κ2) is 13.7. The molecular weight excluding hydrogens is 582 g/mol. The van der Waals surface area contributed by atoms with Crippen molar-refractivity contribution in [3.8, 4) is 11.3 Å². The molecule has 0 aliphatic heterocycles. The van der Waals surface area contributed by atoms with Crippen LogP contribution in [0.3, 0.4) is 0 Å². The summed E-state index contributed by atoms with van der Waals surface area (Å²) in [5, 5.41) is 11.6. The van der Waals surface area contributed by atoms with Crippen LogP contribution in [0.1, 0.15) is 47.1 Å². The molecule has 0 spiro atoms. The molecule has 2 aromatic heterocycles. The third-order valence-corrected chi connectivity index (χ3v) is 6.57. The largest absolute Gasteiger partial charge is 0.444 e. The number of carbonyl (C=O) groups is 3. The Balaban J connectivity index is 1.23. The molecule has 0 aliphatic carbocycles. The Labute approximate surface area is 266 Å². The van der Waals surface area contributed by atoms with E-state index in [2.05, 4.69) is 36.2 Å². The minimum atomic E-state index is -0.669. The fourth-order valence-electron chi connectivity index (χ4n) is 4.33. The van der Waals surface area contributed by atoms with Crippen LogP contribution in [0.15, 0.2) is 104 Å². The number of rotatable bonds is 8. The number of hydrogen-bond acceptors (Lipinski definition) is 8. The molecular formula is C35H33N7O4. The van der Waals surface area contributed by atoms with Crippen molar-refractivity contribution >= 4 is 46.6 Å². The second-order valence-corrected chi connectivity index (χ2v) is 11.3. The molecule has 0 aliphatic rings. The Hall–Kier alpha value is -6.10. The standard InChI is InChI=1S/C35H33N7O4/c1-22-11-16-26(20-30(22)41-33-37-19-17-27(40-33)25-8-7-18-36-21-25)38-31(43)23-12-14-24(15-13-23)32(44)39-28-9-5-6-10-29(28)42-34(45)46-35(2,3)4/h5-21H,1-4H3,(H,38,43)(H,39,44)(H,42,45)(H,37,40,41). The maximum Gasteiger partial charge on any atom is 0.412 e. The van der Waals surface area contributed by atoms with Crippen LogP contribution < -0.4 is 21.3 Å². The quantitative estimate of drug-likeness (QED) is 0.141. The highest BCUT2D eigenvalue weighted by Crippen LogP contribution is 2.26. The van der Waals surface area contributed by atoms with E-state index < -0.39 is 17.6 Å². The monoisotopic (exact) mass is 615 g/mol. The molecule has 5 aromatic rings. The van der Waals surface area contributed by atoms with Crippen molar-refractivity contribution in [1.29, 1.82) is 0 Å². The summed E-state index contributed by atoms with van der Waals surface area (Å²) in [4.78, 5) is 51.4. The number of nitrogens with zero attached hydrogens (tertiary/aromatic N) is 3. The Morgan fingerprint density at radius 1 is 0.717 bits per heavy atom. The fourth-order valence-corrected chi connectivity index (χ4v) is 4.33. The summed E-state index contributed by atoms with van der Waals surface area (Å²) in [6, 6.07) is 24.1. The molecule has 0 bridgehead atoms. The van der Waals surface area contributed by atoms with Gasteiger partial charge in [-0.25, -0.2) is 14.8 Å². The molecule has 4 N–H and O–H groups in total. The van der Waals surface area contributed by atoms with E-state index in [0.717, 1.165) is 22.5 Å². The van der Waals surface area contributed by atoms with Gasteiger partial charge in [0.1, 0.15) is 5.60 Å². The zero-order valence-corrected chi connectivity index (χ0v) is 25.8. The van der Waals surface area contributed by atoms with Crippen LogP contribution in [-0.4, -0.2) is 38.5 Å². The Morgan fingerprint density at radius 2 is 1.39 bits per heavy atom. The third-order valence-electron chi connectivity index (χ3n) is 6.57. The number of para-hydroxylation sites is 2. The van der Waals surface area contributed by atoms with Crippen molar-refractivity contribution in [1.82, 2.24) is 15.0 Å². The van der Waals surface area contributed by atoms with E-state index in [0.29, 0.717) is 34.1 Å². The Bertz CT molecular complexity index is 1870. The lowest BCUT2D eigenvalue weighted by atomic mass is 10.1. The van der Waals surface area contributed by atoms with Gasteiger partial charge in [-0.2, -0.15) is 0 Å². The molecule has 0 fully saturated rings. The van der Waals surface area contributed by atoms with Crippen LogP contribution in [0.25, 0.3) is 11.3 Å². The summed E-state index contributed by atoms with van der Waals surface area (Å²) in [7, 11) is 0. The summed E-state index contributed by atoms with van der Waals surface area (Å²) in [6.07, 6.45) is 4.47. The van der Waals surface area contributed by atoms with Crippen LogP contribution in [0.5, 0.6) is 0 Å². The van der Waals surface area contributed by atoms with E-state index >= 15 is 0 Å². The van der Waals surface area contributed by atoms with Gasteiger partial charge in [0.05, 0.1) is 17.1 Å². The Kier molecular flexibility index (Phi) is 9.32. The van der Waals surface area contributed by atoms with Crippen molar-refractivity contribution in [3.63, 3.8) is 0 Å². The van der Waals surface area contributed by atoms with Crippen molar-refractivity contribution < 1.29 is 19.1 Å². The summed E-state index contributed by atoms with van der Waals surface area (Å²) < 4.78 is 5.31. The Morgan fingerprint density at radius 3 is 2.04 bits per heavy atom. The maximum absolute atomic E-state index is 13.1. The highest BCUT2D eigenvalue weighted by molar-refractivity contribution is 6.08. The van der Waals surface area contributed by atoms with Crippen LogP contribution in [-0.2, 0) is 4.74 Å². The maximum atomic E-state index is 13.1. The van der Waals surface area contributed by atoms with Crippen LogP contribution in [0.4, 0.5) is 33.5 Å². The number of amides is 3. The molecule has 0 radical (unpaired) electrons. The van der Waals surface area contributed by atoms with Gasteiger partial charge in [-0.1, -0.05) is 18.2 Å². The number of benzene rings is 3. The molecule has 11 nitrogen and oxygen atoms in total. The number of carbonyl (C=O) groups excluding carboxylic acids is 3. The van der Waals surface area contributed by atoms with Gasteiger partial charge in [0, 0.05) is 46.7 Å². The highest BCUT2D eigenvalue weighted by atomic mass is 16.6. The van der Waals surface area contributed by atoms with Gasteiger partial charge in [0.2, 0.25) is 5.95 Å². The van der Waals surface area contributed by atoms with Gasteiger partial charge < -0.3 is 20.7 Å². The first-order valence-corrected chi connectivity index (χ1v) is 14.5. The normalized spacial score (nSPS) is 10.9. The summed E-state index contributed by atoms with van der Waals surface area (Å²) >= 11 is 0. The van der Waals surface area contributed by atoms with Crippen molar-refractivity contribution in [2.24, 2.45) is 0 Å². The number of aromatic nitrogens is 3. The zero-order valence-electron chi connectivity index (χ0n) is 25.8. The summed E-state index contributed by atoms with van der Waals surface area (Å²) in [6.45, 7) is 7.23. The first-order valence-electron chi connectivity index (χ1n) is 14.5. The average Bonchev–Trinajstić information content (AvgIpc) is 3.03. The molecule has 11 heteroatoms. The van der Waals surface area contributed by atoms with Gasteiger partial charge in [0.25, 0.3) is 11.8 Å². The fraction of sp³-hybridized carbons (Fsp3) is 0.143. The minimum absolute atomic E-state index is 0.332. The number of pyridine rings is 1. The van der Waals surface area contributed by atoms with Crippen molar-refractivity contribution in [2.45, 2.75) is 33.3 Å². The van der Waals surface area contributed by atoms with Crippen molar-refractivity contribution in [3.05, 3.63) is 120 Å². The average molecular weight is 616 g/mol. The number of hydrogen-bond donors (Lipinski definition) is 4. The molecule has 3 aromatic carbocycles. The van der Waals surface area contributed by atoms with E-state index in [4.69, 9.17) is 4.74 Å². The lowest BCUT2D eigenvalue weighted by molar-refractivity contribution is 0.0635. The zero-order chi connectivity index (χ0) is 32.7. The van der Waals surface area contributed by atoms with Gasteiger partial charge in [-0.05, 0) is 100.0 Å². The van der Waals surface area contributed by atoms with E-state index in [1.54, 1.807) is 100 Å². The minimum Gasteiger partial charge on any atom is -0.444 e. The van der Waals surface area contributed by atoms with Gasteiger partial charge in [-0.3, -0.25) is 19.9 Å². The van der Waals surface area contributed by atoms with Crippen LogP contribution >= 0.6 is 0 Å². The van der Waals surface area contributed by atoms with E-state index in [9.17, 15) is 14.4 Å². The summed E-state index contributed by atoms with van der Waals surface area (Å²) in [5.74, 6) is -0.344. The smallest absolute Gasteiger partial charge is 0.412 e. The first-order chi connectivity index (χ1) is 22.0. The van der Waals surface area contributed by atoms with Crippen LogP contribution in [0, 0.1) is 6.92 Å². The number of aryl methyl sites for hydroxylation is 1. The number of ether oxygens (including phenoxy) is 1. The third kappa shape index (κ3) is 8.29. The molecule has 0 saturated carbocycles. The topological polar surface area (TPSA) is 147 Å². The predicted molar refractivity (Wildman–Crippen MR) is 178 cm³/mol. The predicted octanol–water partition coefficient (Wildman–Crippen LogP) is 7.44. The first kappa shape index (κ1) is 31.3. The van der Waals surface area contributed by atoms with E-state index in [-0.39, 0.29) is 5.91 Å². The molecule has 5 rings (SSSR count). The van der Waals surface area contributed by atoms with Crippen molar-refractivity contribution in [2.75, 3.05) is 21.3 Å². The van der Waals surface area contributed by atoms with Gasteiger partial charge in [-0.15, -0.1) is 0 Å².